The lowest BCUT2D eigenvalue weighted by Gasteiger charge is -2.21. The van der Waals surface area contributed by atoms with Gasteiger partial charge in [0.15, 0.2) is 0 Å². The smallest absolute Gasteiger partial charge is 0.324 e. The van der Waals surface area contributed by atoms with E-state index in [4.69, 9.17) is 16.4 Å². The Balaban J connectivity index is 2.45. The van der Waals surface area contributed by atoms with E-state index in [9.17, 15) is 14.4 Å². The lowest BCUT2D eigenvalue weighted by atomic mass is 10.1. The van der Waals surface area contributed by atoms with Crippen LogP contribution in [0.5, 0.6) is 0 Å². The topological polar surface area (TPSA) is 161 Å². The predicted octanol–water partition coefficient (Wildman–Crippen LogP) is 2.86. The second-order valence-electron chi connectivity index (χ2n) is 6.80. The molecule has 0 saturated heterocycles. The van der Waals surface area contributed by atoms with Crippen molar-refractivity contribution in [3.8, 4) is 0 Å². The van der Waals surface area contributed by atoms with E-state index >= 15 is 0 Å². The molecule has 0 spiro atoms. The Hall–Kier alpha value is -2.84. The predicted molar refractivity (Wildman–Crippen MR) is 109 cm³/mol. The van der Waals surface area contributed by atoms with Crippen LogP contribution in [0.15, 0.2) is 28.9 Å². The van der Waals surface area contributed by atoms with Crippen molar-refractivity contribution in [3.05, 3.63) is 34.2 Å². The molecule has 10 nitrogen and oxygen atoms in total. The van der Waals surface area contributed by atoms with Gasteiger partial charge in [0.1, 0.15) is 6.04 Å². The fourth-order valence-electron chi connectivity index (χ4n) is 2.86. The average Bonchev–Trinajstić information content (AvgIpc) is 3.21. The van der Waals surface area contributed by atoms with Gasteiger partial charge >= 0.3 is 12.0 Å². The Kier molecular flexibility index (Phi) is 11.8. The summed E-state index contributed by atoms with van der Waals surface area (Å²) in [5.41, 5.74) is 14.9. The number of hydrogen-bond acceptors (Lipinski definition) is 5. The zero-order valence-corrected chi connectivity index (χ0v) is 16.6. The molecule has 1 aliphatic rings. The van der Waals surface area contributed by atoms with E-state index in [1.165, 1.54) is 10.5 Å². The first kappa shape index (κ1) is 24.2. The molecular weight excluding hydrogens is 376 g/mol. The molecular formula is C19H30N6O4. The number of allylic oxidation sites excluding steroid dienone is 4. The third kappa shape index (κ3) is 10.3. The van der Waals surface area contributed by atoms with Gasteiger partial charge in [-0.1, -0.05) is 28.9 Å². The number of nitrogens with one attached hydrogen (secondary N) is 1. The summed E-state index contributed by atoms with van der Waals surface area (Å²) in [6.45, 7) is 0.849. The highest BCUT2D eigenvalue weighted by Crippen LogP contribution is 2.15. The minimum Gasteiger partial charge on any atom is -0.480 e. The number of imide groups is 1. The molecule has 1 atom stereocenters. The highest BCUT2D eigenvalue weighted by atomic mass is 16.4. The summed E-state index contributed by atoms with van der Waals surface area (Å²) in [6.07, 6.45) is 10.6. The van der Waals surface area contributed by atoms with Crippen molar-refractivity contribution in [3.63, 3.8) is 0 Å². The summed E-state index contributed by atoms with van der Waals surface area (Å²) in [6, 6.07) is -1.36. The van der Waals surface area contributed by atoms with Crippen LogP contribution in [0.4, 0.5) is 4.79 Å². The maximum absolute atomic E-state index is 12.5. The maximum atomic E-state index is 12.5. The molecule has 0 aliphatic heterocycles. The number of urea groups is 1. The van der Waals surface area contributed by atoms with Gasteiger partial charge in [-0.05, 0) is 50.5 Å². The van der Waals surface area contributed by atoms with Gasteiger partial charge in [-0.3, -0.25) is 14.5 Å². The number of carboxylic acids is 1. The van der Waals surface area contributed by atoms with Gasteiger partial charge in [0, 0.05) is 31.0 Å². The molecule has 0 aromatic heterocycles. The van der Waals surface area contributed by atoms with E-state index in [1.54, 1.807) is 0 Å². The van der Waals surface area contributed by atoms with E-state index in [1.807, 2.05) is 6.08 Å². The molecule has 0 unspecified atom stereocenters. The molecule has 4 N–H and O–H groups in total. The molecule has 3 amide bonds. The SMILES string of the molecule is [N-]=[N+]=NCCCC(=O)N(CCCC1=CCC=C1)C(=O)NCCCC[C@H](N)C(=O)O. The van der Waals surface area contributed by atoms with Gasteiger partial charge in [0.05, 0.1) is 0 Å². The summed E-state index contributed by atoms with van der Waals surface area (Å²) in [7, 11) is 0. The quantitative estimate of drug-likeness (QED) is 0.175. The number of azide groups is 1. The van der Waals surface area contributed by atoms with Crippen LogP contribution in [0.25, 0.3) is 10.4 Å². The molecule has 0 radical (unpaired) electrons. The zero-order chi connectivity index (χ0) is 21.5. The molecule has 0 bridgehead atoms. The normalized spacial score (nSPS) is 13.3. The minimum absolute atomic E-state index is 0.127. The summed E-state index contributed by atoms with van der Waals surface area (Å²) >= 11 is 0. The van der Waals surface area contributed by atoms with E-state index in [0.29, 0.717) is 45.2 Å². The number of unbranched alkanes of at least 4 members (excludes halogenated alkanes) is 1. The Morgan fingerprint density at radius 3 is 2.76 bits per heavy atom. The Labute approximate surface area is 170 Å². The van der Waals surface area contributed by atoms with Crippen molar-refractivity contribution < 1.29 is 19.5 Å². The summed E-state index contributed by atoms with van der Waals surface area (Å²) in [5.74, 6) is -1.35. The van der Waals surface area contributed by atoms with Gasteiger partial charge in [-0.25, -0.2) is 4.79 Å². The number of carbonyl (C=O) groups is 3. The van der Waals surface area contributed by atoms with Gasteiger partial charge in [0.2, 0.25) is 5.91 Å². The van der Waals surface area contributed by atoms with Gasteiger partial charge in [-0.2, -0.15) is 0 Å². The van der Waals surface area contributed by atoms with Gasteiger partial charge < -0.3 is 16.2 Å². The number of nitrogens with two attached hydrogens (primary N) is 1. The molecule has 29 heavy (non-hydrogen) atoms. The van der Waals surface area contributed by atoms with Crippen molar-refractivity contribution in [1.82, 2.24) is 10.2 Å². The van der Waals surface area contributed by atoms with Crippen LogP contribution < -0.4 is 11.1 Å². The number of carbonyl (C=O) groups excluding carboxylic acids is 2. The summed E-state index contributed by atoms with van der Waals surface area (Å²) in [5, 5.41) is 14.9. The Morgan fingerprint density at radius 2 is 2.10 bits per heavy atom. The molecule has 10 heteroatoms. The van der Waals surface area contributed by atoms with Crippen LogP contribution in [-0.4, -0.2) is 53.6 Å². The Morgan fingerprint density at radius 1 is 1.31 bits per heavy atom. The molecule has 160 valence electrons. The van der Waals surface area contributed by atoms with E-state index < -0.39 is 18.0 Å². The van der Waals surface area contributed by atoms with Crippen molar-refractivity contribution >= 4 is 17.9 Å². The molecule has 0 saturated carbocycles. The second kappa shape index (κ2) is 14.2. The zero-order valence-electron chi connectivity index (χ0n) is 16.6. The van der Waals surface area contributed by atoms with Crippen LogP contribution in [0.3, 0.4) is 0 Å². The fraction of sp³-hybridized carbons (Fsp3) is 0.632. The highest BCUT2D eigenvalue weighted by Gasteiger charge is 2.20. The Bertz CT molecular complexity index is 670. The second-order valence-corrected chi connectivity index (χ2v) is 6.80. The van der Waals surface area contributed by atoms with Gasteiger partial charge in [-0.15, -0.1) is 0 Å². The van der Waals surface area contributed by atoms with Crippen LogP contribution in [0, 0.1) is 0 Å². The van der Waals surface area contributed by atoms with Crippen LogP contribution in [0.1, 0.15) is 51.4 Å². The lowest BCUT2D eigenvalue weighted by molar-refractivity contribution is -0.138. The maximum Gasteiger partial charge on any atom is 0.324 e. The van der Waals surface area contributed by atoms with Crippen molar-refractivity contribution in [2.24, 2.45) is 10.8 Å². The van der Waals surface area contributed by atoms with E-state index in [0.717, 1.165) is 12.8 Å². The van der Waals surface area contributed by atoms with Crippen molar-refractivity contribution in [1.29, 1.82) is 0 Å². The van der Waals surface area contributed by atoms with Crippen LogP contribution in [-0.2, 0) is 9.59 Å². The molecule has 0 heterocycles. The average molecular weight is 406 g/mol. The number of nitrogens with zero attached hydrogens (tertiary/aromatic N) is 4. The minimum atomic E-state index is -1.04. The first-order valence-corrected chi connectivity index (χ1v) is 9.88. The molecule has 0 fully saturated rings. The molecule has 1 rings (SSSR count). The largest absolute Gasteiger partial charge is 0.480 e. The first-order valence-electron chi connectivity index (χ1n) is 9.88. The number of carboxylic acid groups (broad SMARTS) is 1. The molecule has 1 aliphatic carbocycles. The standard InChI is InChI=1S/C19H30N6O4/c20-16(18(27)28)10-3-4-12-22-19(29)25(17(26)11-5-13-23-24-21)14-6-9-15-7-1-2-8-15/h1,7-8,16H,2-6,9-14,20H2,(H,22,29)(H,27,28)/t16-/m0/s1. The number of rotatable bonds is 14. The van der Waals surface area contributed by atoms with Gasteiger partial charge in [0.25, 0.3) is 0 Å². The number of aliphatic carboxylic acids is 1. The fourth-order valence-corrected chi connectivity index (χ4v) is 2.86. The molecule has 0 aromatic carbocycles. The summed E-state index contributed by atoms with van der Waals surface area (Å²) < 4.78 is 0. The van der Waals surface area contributed by atoms with Crippen LogP contribution in [0.2, 0.25) is 0 Å². The van der Waals surface area contributed by atoms with Crippen LogP contribution >= 0.6 is 0 Å². The third-order valence-corrected chi connectivity index (χ3v) is 4.49. The highest BCUT2D eigenvalue weighted by molar-refractivity contribution is 5.94. The van der Waals surface area contributed by atoms with E-state index in [-0.39, 0.29) is 18.9 Å². The lowest BCUT2D eigenvalue weighted by Crippen LogP contribution is -2.44. The first-order chi connectivity index (χ1) is 14.0. The third-order valence-electron chi connectivity index (χ3n) is 4.49. The number of amides is 3. The van der Waals surface area contributed by atoms with Crippen molar-refractivity contribution in [2.75, 3.05) is 19.6 Å². The number of hydrogen-bond donors (Lipinski definition) is 3. The van der Waals surface area contributed by atoms with E-state index in [2.05, 4.69) is 27.5 Å². The van der Waals surface area contributed by atoms with Crippen molar-refractivity contribution in [2.45, 2.75) is 57.4 Å². The summed E-state index contributed by atoms with van der Waals surface area (Å²) in [4.78, 5) is 39.5. The molecule has 0 aromatic rings. The monoisotopic (exact) mass is 406 g/mol.